The van der Waals surface area contributed by atoms with Gasteiger partial charge in [0.15, 0.2) is 5.96 Å². The normalized spacial score (nSPS) is 13.1. The molecular formula is C19H29N3O3. The molecule has 1 heterocycles. The van der Waals surface area contributed by atoms with Gasteiger partial charge in [0, 0.05) is 32.5 Å². The lowest BCUT2D eigenvalue weighted by Crippen LogP contribution is -2.38. The predicted molar refractivity (Wildman–Crippen MR) is 99.2 cm³/mol. The number of carbonyl (C=O) groups excluding carboxylic acids is 1. The maximum Gasteiger partial charge on any atom is 0.305 e. The summed E-state index contributed by atoms with van der Waals surface area (Å²) in [6.45, 7) is 5.19. The molecule has 0 saturated carbocycles. The fraction of sp³-hybridized carbons (Fsp3) is 0.579. The highest BCUT2D eigenvalue weighted by Gasteiger charge is 2.11. The van der Waals surface area contributed by atoms with Gasteiger partial charge < -0.3 is 20.1 Å². The highest BCUT2D eigenvalue weighted by Crippen LogP contribution is 2.25. The third-order valence-electron chi connectivity index (χ3n) is 4.09. The van der Waals surface area contributed by atoms with Crippen molar-refractivity contribution in [2.75, 3.05) is 33.4 Å². The van der Waals surface area contributed by atoms with E-state index >= 15 is 0 Å². The summed E-state index contributed by atoms with van der Waals surface area (Å²) in [7, 11) is 1.42. The monoisotopic (exact) mass is 347 g/mol. The van der Waals surface area contributed by atoms with E-state index in [9.17, 15) is 4.79 Å². The first-order chi connectivity index (χ1) is 12.2. The van der Waals surface area contributed by atoms with Crippen LogP contribution in [0.25, 0.3) is 0 Å². The van der Waals surface area contributed by atoms with E-state index in [0.717, 1.165) is 57.1 Å². The van der Waals surface area contributed by atoms with Crippen molar-refractivity contribution in [3.8, 4) is 5.75 Å². The van der Waals surface area contributed by atoms with Crippen LogP contribution in [0, 0.1) is 0 Å². The molecule has 1 aromatic rings. The third-order valence-corrected chi connectivity index (χ3v) is 4.09. The lowest BCUT2D eigenvalue weighted by molar-refractivity contribution is -0.140. The molecule has 0 aromatic heterocycles. The van der Waals surface area contributed by atoms with Gasteiger partial charge in [0.05, 0.1) is 13.7 Å². The number of fused-ring (bicyclic) bond motifs is 1. The summed E-state index contributed by atoms with van der Waals surface area (Å²) >= 11 is 0. The highest BCUT2D eigenvalue weighted by molar-refractivity contribution is 5.79. The van der Waals surface area contributed by atoms with Gasteiger partial charge in [-0.05, 0) is 43.4 Å². The summed E-state index contributed by atoms with van der Waals surface area (Å²) in [6, 6.07) is 6.43. The quantitative estimate of drug-likeness (QED) is 0.310. The second-order valence-corrected chi connectivity index (χ2v) is 6.01. The van der Waals surface area contributed by atoms with Crippen LogP contribution in [0.5, 0.6) is 5.75 Å². The van der Waals surface area contributed by atoms with Crippen molar-refractivity contribution >= 4 is 11.9 Å². The van der Waals surface area contributed by atoms with Crippen molar-refractivity contribution in [2.45, 2.75) is 39.0 Å². The fourth-order valence-electron chi connectivity index (χ4n) is 2.74. The summed E-state index contributed by atoms with van der Waals surface area (Å²) in [5, 5.41) is 6.61. The fourth-order valence-corrected chi connectivity index (χ4v) is 2.74. The van der Waals surface area contributed by atoms with Crippen molar-refractivity contribution in [1.82, 2.24) is 10.6 Å². The van der Waals surface area contributed by atoms with Crippen LogP contribution in [0.3, 0.4) is 0 Å². The zero-order valence-corrected chi connectivity index (χ0v) is 15.3. The molecule has 0 amide bonds. The zero-order chi connectivity index (χ0) is 17.9. The number of unbranched alkanes of at least 4 members (excludes halogenated alkanes) is 1. The molecule has 2 N–H and O–H groups in total. The first kappa shape index (κ1) is 19.1. The summed E-state index contributed by atoms with van der Waals surface area (Å²) in [6.07, 6.45) is 4.08. The Hall–Kier alpha value is -2.24. The van der Waals surface area contributed by atoms with Gasteiger partial charge in [0.2, 0.25) is 0 Å². The topological polar surface area (TPSA) is 72.0 Å². The Labute approximate surface area is 150 Å². The van der Waals surface area contributed by atoms with Crippen molar-refractivity contribution < 1.29 is 14.3 Å². The average molecular weight is 347 g/mol. The summed E-state index contributed by atoms with van der Waals surface area (Å²) in [4.78, 5) is 15.6. The van der Waals surface area contributed by atoms with Crippen molar-refractivity contribution in [2.24, 2.45) is 4.99 Å². The highest BCUT2D eigenvalue weighted by atomic mass is 16.5. The summed E-state index contributed by atoms with van der Waals surface area (Å²) in [5.74, 6) is 1.69. The third kappa shape index (κ3) is 6.64. The molecule has 6 heteroatoms. The number of rotatable bonds is 9. The minimum atomic E-state index is -0.159. The van der Waals surface area contributed by atoms with Crippen LogP contribution in [0.4, 0.5) is 0 Å². The van der Waals surface area contributed by atoms with Gasteiger partial charge in [0.1, 0.15) is 5.75 Å². The van der Waals surface area contributed by atoms with Crippen LogP contribution < -0.4 is 15.4 Å². The standard InChI is InChI=1S/C19H29N3O3/c1-3-20-19(21-11-5-4-6-18(23)24-2)22-12-9-15-7-8-17-16(14-15)10-13-25-17/h7-8,14H,3-6,9-13H2,1-2H3,(H2,20,21,22). The Balaban J connectivity index is 1.71. The van der Waals surface area contributed by atoms with E-state index in [1.165, 1.54) is 18.2 Å². The lowest BCUT2D eigenvalue weighted by Gasteiger charge is -2.11. The molecule has 0 radical (unpaired) electrons. The molecule has 25 heavy (non-hydrogen) atoms. The number of nitrogens with zero attached hydrogens (tertiary/aromatic N) is 1. The first-order valence-corrected chi connectivity index (χ1v) is 9.06. The number of methoxy groups -OCH3 is 1. The first-order valence-electron chi connectivity index (χ1n) is 9.06. The number of esters is 1. The molecule has 0 saturated heterocycles. The Morgan fingerprint density at radius 1 is 1.32 bits per heavy atom. The van der Waals surface area contributed by atoms with Gasteiger partial charge >= 0.3 is 5.97 Å². The molecular weight excluding hydrogens is 318 g/mol. The van der Waals surface area contributed by atoms with Crippen LogP contribution in [0.2, 0.25) is 0 Å². The van der Waals surface area contributed by atoms with E-state index < -0.39 is 0 Å². The SMILES string of the molecule is CCNC(=NCCCCC(=O)OC)NCCc1ccc2c(c1)CCO2. The molecule has 0 fully saturated rings. The van der Waals surface area contributed by atoms with E-state index in [0.29, 0.717) is 13.0 Å². The van der Waals surface area contributed by atoms with Crippen molar-refractivity contribution in [3.63, 3.8) is 0 Å². The number of aliphatic imine (C=N–C) groups is 1. The lowest BCUT2D eigenvalue weighted by atomic mass is 10.1. The molecule has 0 unspecified atom stereocenters. The number of benzene rings is 1. The van der Waals surface area contributed by atoms with Gasteiger partial charge in [-0.25, -0.2) is 0 Å². The maximum absolute atomic E-state index is 11.1. The molecule has 1 aliphatic heterocycles. The van der Waals surface area contributed by atoms with Gasteiger partial charge in [-0.15, -0.1) is 0 Å². The van der Waals surface area contributed by atoms with Crippen LogP contribution in [0.1, 0.15) is 37.3 Å². The minimum absolute atomic E-state index is 0.159. The maximum atomic E-state index is 11.1. The van der Waals surface area contributed by atoms with E-state index in [2.05, 4.69) is 45.5 Å². The Kier molecular flexibility index (Phi) is 8.09. The molecule has 1 aliphatic rings. The Morgan fingerprint density at radius 2 is 2.20 bits per heavy atom. The second-order valence-electron chi connectivity index (χ2n) is 6.01. The van der Waals surface area contributed by atoms with Gasteiger partial charge in [-0.2, -0.15) is 0 Å². The zero-order valence-electron chi connectivity index (χ0n) is 15.3. The van der Waals surface area contributed by atoms with Crippen LogP contribution in [-0.4, -0.2) is 45.3 Å². The molecule has 1 aromatic carbocycles. The summed E-state index contributed by atoms with van der Waals surface area (Å²) < 4.78 is 10.2. The van der Waals surface area contributed by atoms with E-state index in [4.69, 9.17) is 4.74 Å². The molecule has 6 nitrogen and oxygen atoms in total. The van der Waals surface area contributed by atoms with Gasteiger partial charge in [0.25, 0.3) is 0 Å². The summed E-state index contributed by atoms with van der Waals surface area (Å²) in [5.41, 5.74) is 2.62. The van der Waals surface area contributed by atoms with Crippen LogP contribution >= 0.6 is 0 Å². The Morgan fingerprint density at radius 3 is 3.00 bits per heavy atom. The van der Waals surface area contributed by atoms with Crippen molar-refractivity contribution in [3.05, 3.63) is 29.3 Å². The van der Waals surface area contributed by atoms with E-state index in [1.807, 2.05) is 0 Å². The largest absolute Gasteiger partial charge is 0.493 e. The number of carbonyl (C=O) groups is 1. The van der Waals surface area contributed by atoms with Gasteiger partial charge in [-0.1, -0.05) is 12.1 Å². The smallest absolute Gasteiger partial charge is 0.305 e. The molecule has 0 aliphatic carbocycles. The molecule has 0 atom stereocenters. The van der Waals surface area contributed by atoms with E-state index in [-0.39, 0.29) is 5.97 Å². The molecule has 0 spiro atoms. The van der Waals surface area contributed by atoms with Crippen LogP contribution in [-0.2, 0) is 22.4 Å². The number of hydrogen-bond acceptors (Lipinski definition) is 4. The molecule has 138 valence electrons. The number of guanidine groups is 1. The predicted octanol–water partition coefficient (Wildman–Crippen LogP) is 2.06. The average Bonchev–Trinajstić information content (AvgIpc) is 3.09. The Bertz CT molecular complexity index is 587. The van der Waals surface area contributed by atoms with Crippen LogP contribution in [0.15, 0.2) is 23.2 Å². The second kappa shape index (κ2) is 10.6. The number of hydrogen-bond donors (Lipinski definition) is 2. The molecule has 2 rings (SSSR count). The van der Waals surface area contributed by atoms with E-state index in [1.54, 1.807) is 0 Å². The minimum Gasteiger partial charge on any atom is -0.493 e. The number of ether oxygens (including phenoxy) is 2. The van der Waals surface area contributed by atoms with Crippen molar-refractivity contribution in [1.29, 1.82) is 0 Å². The number of nitrogens with one attached hydrogen (secondary N) is 2. The molecule has 0 bridgehead atoms. The van der Waals surface area contributed by atoms with Gasteiger partial charge in [-0.3, -0.25) is 9.79 Å².